The molecule has 0 radical (unpaired) electrons. The molecule has 466 valence electrons. The molecule has 2 unspecified atom stereocenters. The lowest BCUT2D eigenvalue weighted by atomic mass is 10.0. The van der Waals surface area contributed by atoms with Crippen molar-refractivity contribution >= 4 is 17.9 Å². The van der Waals surface area contributed by atoms with Gasteiger partial charge in [-0.15, -0.1) is 0 Å². The molecule has 0 saturated carbocycles. The van der Waals surface area contributed by atoms with Crippen molar-refractivity contribution in [2.45, 2.75) is 264 Å². The molecule has 1 N–H and O–H groups in total. The number of likely N-dealkylation sites (N-methyl/N-ethyl adjacent to an activating group) is 1. The van der Waals surface area contributed by atoms with Crippen LogP contribution in [-0.4, -0.2) is 87.4 Å². The quantitative estimate of drug-likeness (QED) is 0.0211. The van der Waals surface area contributed by atoms with Gasteiger partial charge in [-0.2, -0.15) is 0 Å². The second kappa shape index (κ2) is 62.5. The van der Waals surface area contributed by atoms with E-state index >= 15 is 0 Å². The first kappa shape index (κ1) is 77.4. The average Bonchev–Trinajstić information content (AvgIpc) is 3.45. The fourth-order valence-corrected chi connectivity index (χ4v) is 8.62. The lowest BCUT2D eigenvalue weighted by Gasteiger charge is -2.25. The Morgan fingerprint density at radius 1 is 0.378 bits per heavy atom. The second-order valence-corrected chi connectivity index (χ2v) is 22.7. The van der Waals surface area contributed by atoms with Gasteiger partial charge < -0.3 is 28.5 Å². The summed E-state index contributed by atoms with van der Waals surface area (Å²) in [5.74, 6) is -2.03. The van der Waals surface area contributed by atoms with Gasteiger partial charge >= 0.3 is 17.9 Å². The van der Waals surface area contributed by atoms with E-state index in [0.717, 1.165) is 128 Å². The molecule has 0 aliphatic rings. The maximum absolute atomic E-state index is 12.9. The van der Waals surface area contributed by atoms with Crippen LogP contribution in [0.4, 0.5) is 0 Å². The summed E-state index contributed by atoms with van der Waals surface area (Å²) in [6, 6.07) is 0. The Bertz CT molecular complexity index is 1810. The number of unbranched alkanes of at least 4 members (excludes halogenated alkanes) is 22. The number of quaternary nitrogens is 1. The Hall–Kier alpha value is -4.57. The third-order valence-electron chi connectivity index (χ3n) is 13.6. The number of ether oxygens (including phenoxy) is 4. The lowest BCUT2D eigenvalue weighted by molar-refractivity contribution is -0.870. The molecule has 0 spiro atoms. The largest absolute Gasteiger partial charge is 0.477 e. The highest BCUT2D eigenvalue weighted by atomic mass is 16.7. The van der Waals surface area contributed by atoms with Crippen LogP contribution in [0.1, 0.15) is 251 Å². The predicted octanol–water partition coefficient (Wildman–Crippen LogP) is 20.2. The van der Waals surface area contributed by atoms with Gasteiger partial charge in [0, 0.05) is 12.8 Å². The molecule has 0 aromatic rings. The van der Waals surface area contributed by atoms with Gasteiger partial charge in [0.05, 0.1) is 34.4 Å². The van der Waals surface area contributed by atoms with Gasteiger partial charge in [-0.25, -0.2) is 4.79 Å². The highest BCUT2D eigenvalue weighted by Crippen LogP contribution is 2.15. The fraction of sp³-hybridized carbons (Fsp3) is 0.658. The summed E-state index contributed by atoms with van der Waals surface area (Å²) < 4.78 is 22.9. The molecule has 82 heavy (non-hydrogen) atoms. The molecular weight excluding hydrogens is 1020 g/mol. The van der Waals surface area contributed by atoms with Gasteiger partial charge in [0.15, 0.2) is 6.10 Å². The van der Waals surface area contributed by atoms with Crippen molar-refractivity contribution < 1.29 is 42.9 Å². The molecule has 0 fully saturated rings. The summed E-state index contributed by atoms with van der Waals surface area (Å²) in [7, 11) is 5.96. The number of carbonyl (C=O) groups is 3. The molecule has 0 aromatic carbocycles. The minimum Gasteiger partial charge on any atom is -0.477 e. The highest BCUT2D eigenvalue weighted by molar-refractivity contribution is 5.71. The molecule has 9 heteroatoms. The zero-order valence-corrected chi connectivity index (χ0v) is 53.1. The number of carboxylic acids is 1. The maximum Gasteiger partial charge on any atom is 0.361 e. The summed E-state index contributed by atoms with van der Waals surface area (Å²) >= 11 is 0. The van der Waals surface area contributed by atoms with Gasteiger partial charge in [0.2, 0.25) is 0 Å². The molecule has 0 aromatic heterocycles. The Labute approximate surface area is 503 Å². The normalized spacial score (nSPS) is 13.6. The predicted molar refractivity (Wildman–Crippen MR) is 350 cm³/mol. The number of hydrogen-bond donors (Lipinski definition) is 1. The summed E-state index contributed by atoms with van der Waals surface area (Å²) in [5.41, 5.74) is 0. The number of carboxylic acid groups (broad SMARTS) is 1. The van der Waals surface area contributed by atoms with E-state index in [1.807, 2.05) is 21.1 Å². The Morgan fingerprint density at radius 3 is 1.05 bits per heavy atom. The van der Waals surface area contributed by atoms with Crippen LogP contribution in [-0.2, 0) is 33.3 Å². The smallest absolute Gasteiger partial charge is 0.361 e. The van der Waals surface area contributed by atoms with Crippen molar-refractivity contribution in [2.75, 3.05) is 47.5 Å². The molecular formula is C73H122NO8+. The summed E-state index contributed by atoms with van der Waals surface area (Å²) in [4.78, 5) is 37.5. The highest BCUT2D eigenvalue weighted by Gasteiger charge is 2.25. The van der Waals surface area contributed by atoms with Gasteiger partial charge in [-0.1, -0.05) is 257 Å². The van der Waals surface area contributed by atoms with Crippen LogP contribution in [0.15, 0.2) is 134 Å². The minimum absolute atomic E-state index is 0.180. The topological polar surface area (TPSA) is 108 Å². The third kappa shape index (κ3) is 63.0. The molecule has 0 rings (SSSR count). The number of carbonyl (C=O) groups excluding carboxylic acids is 2. The zero-order chi connectivity index (χ0) is 59.8. The average molecular weight is 1140 g/mol. The van der Waals surface area contributed by atoms with E-state index in [1.165, 1.54) is 89.9 Å². The van der Waals surface area contributed by atoms with E-state index in [1.54, 1.807) is 0 Å². The van der Waals surface area contributed by atoms with Crippen molar-refractivity contribution in [3.8, 4) is 0 Å². The number of rotatable bonds is 59. The number of nitrogens with zero attached hydrogens (tertiary/aromatic N) is 1. The van der Waals surface area contributed by atoms with Crippen LogP contribution < -0.4 is 0 Å². The van der Waals surface area contributed by atoms with E-state index in [9.17, 15) is 19.5 Å². The fourth-order valence-electron chi connectivity index (χ4n) is 8.62. The van der Waals surface area contributed by atoms with Gasteiger partial charge in [0.1, 0.15) is 13.2 Å². The minimum atomic E-state index is -1.52. The van der Waals surface area contributed by atoms with E-state index in [2.05, 4.69) is 148 Å². The molecule has 0 aliphatic heterocycles. The molecule has 0 bridgehead atoms. The first-order valence-electron chi connectivity index (χ1n) is 32.8. The van der Waals surface area contributed by atoms with Gasteiger partial charge in [0.25, 0.3) is 6.29 Å². The van der Waals surface area contributed by atoms with Crippen molar-refractivity contribution in [1.82, 2.24) is 0 Å². The van der Waals surface area contributed by atoms with Gasteiger partial charge in [-0.05, 0) is 116 Å². The molecule has 0 aliphatic carbocycles. The summed E-state index contributed by atoms with van der Waals surface area (Å²) in [6.07, 6.45) is 86.9. The van der Waals surface area contributed by atoms with E-state index in [-0.39, 0.29) is 38.6 Å². The number of aliphatic carboxylic acids is 1. The van der Waals surface area contributed by atoms with Crippen molar-refractivity contribution in [3.05, 3.63) is 134 Å². The third-order valence-corrected chi connectivity index (χ3v) is 13.6. The first-order valence-corrected chi connectivity index (χ1v) is 32.8. The standard InChI is InChI=1S/C73H121NO8/c1-6-8-10-12-14-16-18-20-22-24-25-26-27-28-29-30-31-32-33-34-35-36-37-38-39-40-41-42-43-44-45-46-47-48-50-52-54-56-58-60-62-64-71(76)82-69(68-81-73(72(77)78)79-66-65-74(3,4)5)67-80-70(75)63-61-59-57-55-53-51-49-23-21-19-17-15-13-11-9-7-2/h8,10,14,16,20,22-23,25-26,28-29,31-32,34-35,37-38,40-41,43-44,49,69,73H,6-7,9,11-13,15,17-19,21,24,27,30,33,36,39,42,45-48,50-68H2,1-5H3/p+1/b10-8-,16-14-,22-20-,26-25-,29-28-,32-31-,35-34-,38-37-,41-40-,44-43-,49-23-. The van der Waals surface area contributed by atoms with Crippen LogP contribution in [0.5, 0.6) is 0 Å². The lowest BCUT2D eigenvalue weighted by Crippen LogP contribution is -2.40. The molecule has 0 saturated heterocycles. The van der Waals surface area contributed by atoms with Crippen LogP contribution in [0, 0.1) is 0 Å². The van der Waals surface area contributed by atoms with Crippen molar-refractivity contribution in [1.29, 1.82) is 0 Å². The molecule has 0 amide bonds. The number of hydrogen-bond acceptors (Lipinski definition) is 7. The Morgan fingerprint density at radius 2 is 0.695 bits per heavy atom. The SMILES string of the molecule is CC/C=C\C/C=C\C/C=C\C/C=C\C/C=C\C/C=C\C/C=C\C/C=C\C/C=C\C/C=C\CCCCCCCCCCCCC(=O)OC(COC(=O)CCCCCCC/C=C\CCCCCCCCC)COC(OCC[N+](C)(C)C)C(=O)O. The monoisotopic (exact) mass is 1140 g/mol. The van der Waals surface area contributed by atoms with Crippen LogP contribution in [0.3, 0.4) is 0 Å². The Balaban J connectivity index is 4.14. The number of allylic oxidation sites excluding steroid dienone is 22. The molecule has 0 heterocycles. The molecule has 9 nitrogen and oxygen atoms in total. The maximum atomic E-state index is 12.9. The van der Waals surface area contributed by atoms with Crippen molar-refractivity contribution in [3.63, 3.8) is 0 Å². The van der Waals surface area contributed by atoms with Crippen LogP contribution in [0.2, 0.25) is 0 Å². The van der Waals surface area contributed by atoms with E-state index in [4.69, 9.17) is 18.9 Å². The first-order chi connectivity index (χ1) is 40.1. The van der Waals surface area contributed by atoms with Crippen LogP contribution in [0.25, 0.3) is 0 Å². The van der Waals surface area contributed by atoms with Crippen molar-refractivity contribution in [2.24, 2.45) is 0 Å². The van der Waals surface area contributed by atoms with E-state index in [0.29, 0.717) is 17.4 Å². The number of esters is 2. The Kier molecular flexibility index (Phi) is 59.0. The zero-order valence-electron chi connectivity index (χ0n) is 53.1. The summed E-state index contributed by atoms with van der Waals surface area (Å²) in [5, 5.41) is 9.71. The van der Waals surface area contributed by atoms with Crippen LogP contribution >= 0.6 is 0 Å². The van der Waals surface area contributed by atoms with Gasteiger partial charge in [-0.3, -0.25) is 9.59 Å². The molecule has 2 atom stereocenters. The second-order valence-electron chi connectivity index (χ2n) is 22.7. The van der Waals surface area contributed by atoms with E-state index < -0.39 is 24.3 Å². The summed E-state index contributed by atoms with van der Waals surface area (Å²) in [6.45, 7) is 4.74.